The molecule has 3 aromatic carbocycles. The van der Waals surface area contributed by atoms with Gasteiger partial charge in [0, 0.05) is 35.3 Å². The van der Waals surface area contributed by atoms with Gasteiger partial charge < -0.3 is 9.88 Å². The van der Waals surface area contributed by atoms with Crippen LogP contribution in [0.3, 0.4) is 0 Å². The highest BCUT2D eigenvalue weighted by molar-refractivity contribution is 6.07. The maximum Gasteiger partial charge on any atom is 0.254 e. The van der Waals surface area contributed by atoms with Gasteiger partial charge in [-0.15, -0.1) is 0 Å². The van der Waals surface area contributed by atoms with E-state index in [-0.39, 0.29) is 5.56 Å². The fraction of sp³-hybridized carbons (Fsp3) is 0.0833. The van der Waals surface area contributed by atoms with E-state index in [1.165, 1.54) is 0 Å². The number of para-hydroxylation sites is 1. The fourth-order valence-electron chi connectivity index (χ4n) is 3.46. The SMILES string of the molecule is N#CC(NC(=O)c1cn(Cc2ccccc2)c2ccccc12)c1ccc(F)cc1F. The molecule has 0 aliphatic heterocycles. The number of fused-ring (bicyclic) bond motifs is 1. The molecule has 4 aromatic rings. The zero-order chi connectivity index (χ0) is 21.1. The summed E-state index contributed by atoms with van der Waals surface area (Å²) in [5, 5.41) is 12.7. The first-order valence-electron chi connectivity index (χ1n) is 9.34. The lowest BCUT2D eigenvalue weighted by Crippen LogP contribution is -2.28. The van der Waals surface area contributed by atoms with Crippen LogP contribution in [-0.2, 0) is 6.54 Å². The molecule has 1 amide bonds. The second-order valence-electron chi connectivity index (χ2n) is 6.87. The van der Waals surface area contributed by atoms with Gasteiger partial charge in [0.15, 0.2) is 0 Å². The van der Waals surface area contributed by atoms with Gasteiger partial charge >= 0.3 is 0 Å². The lowest BCUT2D eigenvalue weighted by Gasteiger charge is -2.12. The van der Waals surface area contributed by atoms with Crippen molar-refractivity contribution in [2.24, 2.45) is 0 Å². The molecule has 6 heteroatoms. The average molecular weight is 401 g/mol. The molecule has 4 nitrogen and oxygen atoms in total. The van der Waals surface area contributed by atoms with Gasteiger partial charge in [0.1, 0.15) is 17.7 Å². The standard InChI is InChI=1S/C24H17F2N3O/c25-17-10-11-19(21(26)12-17)22(13-27)28-24(30)20-15-29(14-16-6-2-1-3-7-16)23-9-5-4-8-18(20)23/h1-12,15,22H,14H2,(H,28,30). The summed E-state index contributed by atoms with van der Waals surface area (Å²) in [6.07, 6.45) is 1.72. The van der Waals surface area contributed by atoms with Crippen LogP contribution in [0.5, 0.6) is 0 Å². The van der Waals surface area contributed by atoms with Gasteiger partial charge in [0.25, 0.3) is 5.91 Å². The van der Waals surface area contributed by atoms with Gasteiger partial charge in [-0.25, -0.2) is 8.78 Å². The van der Waals surface area contributed by atoms with E-state index >= 15 is 0 Å². The highest BCUT2D eigenvalue weighted by Gasteiger charge is 2.22. The molecule has 30 heavy (non-hydrogen) atoms. The summed E-state index contributed by atoms with van der Waals surface area (Å²) in [6.45, 7) is 0.572. The van der Waals surface area contributed by atoms with Gasteiger partial charge in [-0.1, -0.05) is 54.6 Å². The molecule has 0 bridgehead atoms. The maximum absolute atomic E-state index is 14.1. The van der Waals surface area contributed by atoms with Crippen LogP contribution in [0.4, 0.5) is 8.78 Å². The van der Waals surface area contributed by atoms with Gasteiger partial charge in [0.05, 0.1) is 11.6 Å². The van der Waals surface area contributed by atoms with Crippen molar-refractivity contribution < 1.29 is 13.6 Å². The number of hydrogen-bond acceptors (Lipinski definition) is 2. The first-order valence-corrected chi connectivity index (χ1v) is 9.34. The average Bonchev–Trinajstić information content (AvgIpc) is 3.12. The number of halogens is 2. The number of benzene rings is 3. The minimum absolute atomic E-state index is 0.0831. The van der Waals surface area contributed by atoms with Crippen LogP contribution in [0.25, 0.3) is 10.9 Å². The summed E-state index contributed by atoms with van der Waals surface area (Å²) in [7, 11) is 0. The summed E-state index contributed by atoms with van der Waals surface area (Å²) >= 11 is 0. The van der Waals surface area contributed by atoms with E-state index in [2.05, 4.69) is 5.32 Å². The molecule has 1 N–H and O–H groups in total. The van der Waals surface area contributed by atoms with Crippen molar-refractivity contribution in [2.45, 2.75) is 12.6 Å². The van der Waals surface area contributed by atoms with Crippen LogP contribution in [0.1, 0.15) is 27.5 Å². The monoisotopic (exact) mass is 401 g/mol. The predicted molar refractivity (Wildman–Crippen MR) is 110 cm³/mol. The summed E-state index contributed by atoms with van der Waals surface area (Å²) in [4.78, 5) is 13.0. The Morgan fingerprint density at radius 1 is 1.03 bits per heavy atom. The number of nitriles is 1. The molecule has 0 fully saturated rings. The largest absolute Gasteiger partial charge is 0.342 e. The van der Waals surface area contributed by atoms with E-state index < -0.39 is 23.6 Å². The van der Waals surface area contributed by atoms with Crippen LogP contribution in [-0.4, -0.2) is 10.5 Å². The van der Waals surface area contributed by atoms with E-state index in [4.69, 9.17) is 0 Å². The Bertz CT molecular complexity index is 1260. The van der Waals surface area contributed by atoms with E-state index in [1.54, 1.807) is 6.20 Å². The highest BCUT2D eigenvalue weighted by Crippen LogP contribution is 2.24. The third-order valence-electron chi connectivity index (χ3n) is 4.91. The zero-order valence-electron chi connectivity index (χ0n) is 15.8. The normalized spacial score (nSPS) is 11.8. The number of rotatable bonds is 5. The Kier molecular flexibility index (Phi) is 5.27. The van der Waals surface area contributed by atoms with Gasteiger partial charge in [0.2, 0.25) is 0 Å². The quantitative estimate of drug-likeness (QED) is 0.514. The Morgan fingerprint density at radius 3 is 2.50 bits per heavy atom. The number of nitrogens with zero attached hydrogens (tertiary/aromatic N) is 2. The van der Waals surface area contributed by atoms with Crippen molar-refractivity contribution in [2.75, 3.05) is 0 Å². The molecular weight excluding hydrogens is 384 g/mol. The summed E-state index contributed by atoms with van der Waals surface area (Å²) in [6, 6.07) is 20.8. The summed E-state index contributed by atoms with van der Waals surface area (Å²) < 4.78 is 29.2. The number of amides is 1. The van der Waals surface area contributed by atoms with Crippen molar-refractivity contribution in [3.63, 3.8) is 0 Å². The van der Waals surface area contributed by atoms with Crippen LogP contribution in [0.15, 0.2) is 79.0 Å². The van der Waals surface area contributed by atoms with Gasteiger partial charge in [-0.3, -0.25) is 4.79 Å². The minimum atomic E-state index is -1.24. The molecule has 0 saturated carbocycles. The third-order valence-corrected chi connectivity index (χ3v) is 4.91. The number of carbonyl (C=O) groups is 1. The fourth-order valence-corrected chi connectivity index (χ4v) is 3.46. The van der Waals surface area contributed by atoms with E-state index in [9.17, 15) is 18.8 Å². The number of hydrogen-bond donors (Lipinski definition) is 1. The Hall–Kier alpha value is -3.98. The lowest BCUT2D eigenvalue weighted by molar-refractivity contribution is 0.0946. The van der Waals surface area contributed by atoms with Crippen molar-refractivity contribution in [3.05, 3.63) is 107 Å². The van der Waals surface area contributed by atoms with Crippen LogP contribution in [0, 0.1) is 23.0 Å². The molecule has 1 heterocycles. The smallest absolute Gasteiger partial charge is 0.254 e. The highest BCUT2D eigenvalue weighted by atomic mass is 19.1. The molecule has 1 unspecified atom stereocenters. The van der Waals surface area contributed by atoms with E-state index in [1.807, 2.05) is 65.2 Å². The first-order chi connectivity index (χ1) is 14.6. The minimum Gasteiger partial charge on any atom is -0.342 e. The molecule has 1 aromatic heterocycles. The number of nitrogens with one attached hydrogen (secondary N) is 1. The molecule has 0 spiro atoms. The predicted octanol–water partition coefficient (Wildman–Crippen LogP) is 4.96. The van der Waals surface area contributed by atoms with E-state index in [0.29, 0.717) is 18.2 Å². The summed E-state index contributed by atoms with van der Waals surface area (Å²) in [5.74, 6) is -2.13. The Morgan fingerprint density at radius 2 is 1.77 bits per heavy atom. The molecular formula is C24H17F2N3O. The molecule has 0 aliphatic rings. The van der Waals surface area contributed by atoms with Crippen molar-refractivity contribution in [3.8, 4) is 6.07 Å². The van der Waals surface area contributed by atoms with Crippen LogP contribution >= 0.6 is 0 Å². The van der Waals surface area contributed by atoms with Crippen molar-refractivity contribution in [1.82, 2.24) is 9.88 Å². The molecule has 1 atom stereocenters. The summed E-state index contributed by atoms with van der Waals surface area (Å²) in [5.41, 5.74) is 2.24. The van der Waals surface area contributed by atoms with Gasteiger partial charge in [-0.05, 0) is 17.7 Å². The van der Waals surface area contributed by atoms with Crippen LogP contribution in [0.2, 0.25) is 0 Å². The number of carbonyl (C=O) groups excluding carboxylic acids is 1. The molecule has 0 radical (unpaired) electrons. The molecule has 0 saturated heterocycles. The van der Waals surface area contributed by atoms with E-state index in [0.717, 1.165) is 28.6 Å². The topological polar surface area (TPSA) is 57.8 Å². The lowest BCUT2D eigenvalue weighted by atomic mass is 10.1. The van der Waals surface area contributed by atoms with Crippen molar-refractivity contribution >= 4 is 16.8 Å². The second-order valence-corrected chi connectivity index (χ2v) is 6.87. The zero-order valence-corrected chi connectivity index (χ0v) is 15.8. The Balaban J connectivity index is 1.67. The second kappa shape index (κ2) is 8.18. The number of aromatic nitrogens is 1. The van der Waals surface area contributed by atoms with Crippen LogP contribution < -0.4 is 5.32 Å². The molecule has 4 rings (SSSR count). The Labute approximate surface area is 172 Å². The molecule has 148 valence electrons. The maximum atomic E-state index is 14.1. The molecule has 0 aliphatic carbocycles. The van der Waals surface area contributed by atoms with Crippen molar-refractivity contribution in [1.29, 1.82) is 5.26 Å². The van der Waals surface area contributed by atoms with Gasteiger partial charge in [-0.2, -0.15) is 5.26 Å². The third kappa shape index (κ3) is 3.78. The first kappa shape index (κ1) is 19.3.